The van der Waals surface area contributed by atoms with E-state index in [1.807, 2.05) is 0 Å². The first-order valence-corrected chi connectivity index (χ1v) is 12.9. The van der Waals surface area contributed by atoms with E-state index in [4.69, 9.17) is 0 Å². The van der Waals surface area contributed by atoms with E-state index in [1.54, 1.807) is 0 Å². The van der Waals surface area contributed by atoms with E-state index in [0.29, 0.717) is 17.6 Å². The van der Waals surface area contributed by atoms with Crippen LogP contribution >= 0.6 is 0 Å². The first-order valence-electron chi connectivity index (χ1n) is 12.9. The summed E-state index contributed by atoms with van der Waals surface area (Å²) >= 11 is 0. The Labute approximate surface area is 177 Å². The Balaban J connectivity index is 1.16. The molecule has 1 unspecified atom stereocenters. The molecule has 0 spiro atoms. The van der Waals surface area contributed by atoms with E-state index in [0.717, 1.165) is 74.4 Å². The second-order valence-electron chi connectivity index (χ2n) is 12.6. The zero-order chi connectivity index (χ0) is 20.0. The number of carbonyl (C=O) groups is 1. The summed E-state index contributed by atoms with van der Waals surface area (Å²) in [5.41, 5.74) is 0.0144. The highest BCUT2D eigenvalue weighted by molar-refractivity contribution is 5.84. The van der Waals surface area contributed by atoms with Gasteiger partial charge in [-0.2, -0.15) is 0 Å². The monoisotopic (exact) mass is 399 g/mol. The van der Waals surface area contributed by atoms with Crippen molar-refractivity contribution in [3.05, 3.63) is 0 Å². The quantitative estimate of drug-likeness (QED) is 0.758. The molecule has 0 amide bonds. The summed E-state index contributed by atoms with van der Waals surface area (Å²) in [6, 6.07) is 0. The van der Waals surface area contributed by atoms with E-state index in [1.165, 1.54) is 44.9 Å². The molecule has 6 aliphatic rings. The molecule has 0 aromatic heterocycles. The Morgan fingerprint density at radius 1 is 0.931 bits per heavy atom. The molecule has 162 valence electrons. The van der Waals surface area contributed by atoms with Crippen LogP contribution in [0.2, 0.25) is 0 Å². The van der Waals surface area contributed by atoms with Crippen molar-refractivity contribution in [1.29, 1.82) is 0 Å². The van der Waals surface area contributed by atoms with Crippen molar-refractivity contribution in [2.45, 2.75) is 83.7 Å². The van der Waals surface area contributed by atoms with Crippen molar-refractivity contribution in [2.75, 3.05) is 19.6 Å². The number of ketones is 1. The van der Waals surface area contributed by atoms with Crippen LogP contribution in [0.3, 0.4) is 0 Å². The molecule has 6 rings (SSSR count). The van der Waals surface area contributed by atoms with Gasteiger partial charge in [0.1, 0.15) is 5.78 Å². The van der Waals surface area contributed by atoms with Crippen LogP contribution in [-0.2, 0) is 4.79 Å². The molecule has 1 N–H and O–H groups in total. The minimum absolute atomic E-state index is 0.255. The van der Waals surface area contributed by atoms with Crippen molar-refractivity contribution in [2.24, 2.45) is 52.8 Å². The molecule has 5 saturated carbocycles. The largest absolute Gasteiger partial charge is 0.390 e. The predicted octanol–water partition coefficient (Wildman–Crippen LogP) is 4.53. The second-order valence-corrected chi connectivity index (χ2v) is 12.6. The van der Waals surface area contributed by atoms with Crippen molar-refractivity contribution in [3.8, 4) is 0 Å². The Hall–Kier alpha value is -0.410. The van der Waals surface area contributed by atoms with Gasteiger partial charge in [0.05, 0.1) is 12.1 Å². The zero-order valence-electron chi connectivity index (χ0n) is 18.6. The molecule has 6 fully saturated rings. The van der Waals surface area contributed by atoms with Crippen molar-refractivity contribution < 1.29 is 9.90 Å². The third-order valence-corrected chi connectivity index (χ3v) is 11.2. The smallest absolute Gasteiger partial charge is 0.150 e. The number of hydrogen-bond acceptors (Lipinski definition) is 3. The molecular formula is C26H41NO2. The fourth-order valence-electron chi connectivity index (χ4n) is 9.71. The standard InChI is InChI=1S/C26H41NO2/c1-16-9-12-27(14-16)15-24(28)22-6-5-21-19-3-4-20-18(8-11-26(29)13-23(20)26)17(19)7-10-25(21,22)2/h16-23,29H,3-15H2,1-2H3/t16-,17-,18-,19-,20+,21+,22-,23?,25+,26+/m1/s1. The van der Waals surface area contributed by atoms with Gasteiger partial charge in [0.25, 0.3) is 0 Å². The molecule has 1 aliphatic heterocycles. The minimum Gasteiger partial charge on any atom is -0.390 e. The molecule has 0 bridgehead atoms. The van der Waals surface area contributed by atoms with Crippen molar-refractivity contribution in [3.63, 3.8) is 0 Å². The number of rotatable bonds is 3. The number of aliphatic hydroxyl groups is 1. The summed E-state index contributed by atoms with van der Waals surface area (Å²) in [5, 5.41) is 10.7. The van der Waals surface area contributed by atoms with Gasteiger partial charge in [0.15, 0.2) is 0 Å². The molecule has 3 heteroatoms. The molecule has 0 radical (unpaired) electrons. The number of likely N-dealkylation sites (tertiary alicyclic amines) is 1. The highest BCUT2D eigenvalue weighted by Gasteiger charge is 2.65. The summed E-state index contributed by atoms with van der Waals surface area (Å²) < 4.78 is 0. The first-order chi connectivity index (χ1) is 13.9. The lowest BCUT2D eigenvalue weighted by molar-refractivity contribution is -0.132. The van der Waals surface area contributed by atoms with Gasteiger partial charge < -0.3 is 5.11 Å². The summed E-state index contributed by atoms with van der Waals surface area (Å²) in [6.07, 6.45) is 12.5. The lowest BCUT2D eigenvalue weighted by atomic mass is 9.49. The van der Waals surface area contributed by atoms with Gasteiger partial charge in [-0.15, -0.1) is 0 Å². The molecule has 1 saturated heterocycles. The Bertz CT molecular complexity index is 692. The molecular weight excluding hydrogens is 358 g/mol. The summed E-state index contributed by atoms with van der Waals surface area (Å²) in [4.78, 5) is 15.8. The fraction of sp³-hybridized carbons (Fsp3) is 0.962. The Kier molecular flexibility index (Phi) is 4.35. The van der Waals surface area contributed by atoms with E-state index in [-0.39, 0.29) is 11.0 Å². The van der Waals surface area contributed by atoms with E-state index in [9.17, 15) is 9.90 Å². The minimum atomic E-state index is -0.255. The van der Waals surface area contributed by atoms with Crippen LogP contribution in [0.1, 0.15) is 78.1 Å². The van der Waals surface area contributed by atoms with Crippen LogP contribution < -0.4 is 0 Å². The van der Waals surface area contributed by atoms with Crippen LogP contribution in [0.25, 0.3) is 0 Å². The van der Waals surface area contributed by atoms with Crippen LogP contribution in [-0.4, -0.2) is 41.0 Å². The molecule has 10 atom stereocenters. The summed E-state index contributed by atoms with van der Waals surface area (Å²) in [6.45, 7) is 7.79. The van der Waals surface area contributed by atoms with Crippen molar-refractivity contribution in [1.82, 2.24) is 4.90 Å². The van der Waals surface area contributed by atoms with Crippen molar-refractivity contribution >= 4 is 5.78 Å². The maximum atomic E-state index is 13.4. The number of nitrogens with zero attached hydrogens (tertiary/aromatic N) is 1. The molecule has 3 nitrogen and oxygen atoms in total. The van der Waals surface area contributed by atoms with E-state index in [2.05, 4.69) is 18.7 Å². The third kappa shape index (κ3) is 2.85. The van der Waals surface area contributed by atoms with E-state index < -0.39 is 0 Å². The number of hydrogen-bond donors (Lipinski definition) is 1. The van der Waals surface area contributed by atoms with Crippen LogP contribution in [0.5, 0.6) is 0 Å². The average Bonchev–Trinajstić information content (AvgIpc) is 3.02. The van der Waals surface area contributed by atoms with Gasteiger partial charge >= 0.3 is 0 Å². The number of Topliss-reactive ketones (excluding diaryl/α,β-unsaturated/α-hetero) is 1. The molecule has 5 aliphatic carbocycles. The average molecular weight is 400 g/mol. The van der Waals surface area contributed by atoms with Crippen LogP contribution in [0.4, 0.5) is 0 Å². The maximum Gasteiger partial charge on any atom is 0.150 e. The molecule has 0 aromatic carbocycles. The first kappa shape index (κ1) is 19.3. The second kappa shape index (κ2) is 6.55. The maximum absolute atomic E-state index is 13.4. The normalized spacial score (nSPS) is 56.2. The molecule has 29 heavy (non-hydrogen) atoms. The summed E-state index contributed by atoms with van der Waals surface area (Å²) in [7, 11) is 0. The van der Waals surface area contributed by atoms with Gasteiger partial charge in [-0.05, 0) is 118 Å². The highest BCUT2D eigenvalue weighted by Crippen LogP contribution is 2.68. The Morgan fingerprint density at radius 2 is 1.66 bits per heavy atom. The fourth-order valence-corrected chi connectivity index (χ4v) is 9.71. The highest BCUT2D eigenvalue weighted by atomic mass is 16.3. The van der Waals surface area contributed by atoms with E-state index >= 15 is 0 Å². The third-order valence-electron chi connectivity index (χ3n) is 11.2. The summed E-state index contributed by atoms with van der Waals surface area (Å²) in [5.74, 6) is 6.53. The van der Waals surface area contributed by atoms with Gasteiger partial charge in [0, 0.05) is 12.5 Å². The number of carbonyl (C=O) groups excluding carboxylic acids is 1. The van der Waals surface area contributed by atoms with Gasteiger partial charge in [0.2, 0.25) is 0 Å². The SMILES string of the molecule is C[C@@H]1CCN(CC(=O)[C@H]2CC[C@H]3[C@@H]4CC[C@@H]5C6C[C@@]6(O)CC[C@@H]5[C@H]4CC[C@]23C)C1. The van der Waals surface area contributed by atoms with Crippen LogP contribution in [0.15, 0.2) is 0 Å². The number of fused-ring (bicyclic) bond motifs is 7. The Morgan fingerprint density at radius 3 is 2.38 bits per heavy atom. The van der Waals surface area contributed by atoms with Gasteiger partial charge in [-0.3, -0.25) is 9.69 Å². The van der Waals surface area contributed by atoms with Gasteiger partial charge in [-0.1, -0.05) is 13.8 Å². The zero-order valence-corrected chi connectivity index (χ0v) is 18.6. The van der Waals surface area contributed by atoms with Gasteiger partial charge in [-0.25, -0.2) is 0 Å². The molecule has 1 heterocycles. The lowest BCUT2D eigenvalue weighted by Gasteiger charge is -2.56. The predicted molar refractivity (Wildman–Crippen MR) is 114 cm³/mol. The van der Waals surface area contributed by atoms with Crippen LogP contribution in [0, 0.1) is 52.8 Å². The molecule has 0 aromatic rings. The topological polar surface area (TPSA) is 40.5 Å². The lowest BCUT2D eigenvalue weighted by Crippen LogP contribution is -2.50.